The van der Waals surface area contributed by atoms with Gasteiger partial charge in [0.05, 0.1) is 5.69 Å². The van der Waals surface area contributed by atoms with Gasteiger partial charge in [0.25, 0.3) is 0 Å². The minimum atomic E-state index is -1.58. The number of benzene rings is 1. The summed E-state index contributed by atoms with van der Waals surface area (Å²) in [6.45, 7) is 5.23. The molecule has 0 aliphatic heterocycles. The van der Waals surface area contributed by atoms with Crippen molar-refractivity contribution < 1.29 is 18.0 Å². The van der Waals surface area contributed by atoms with Crippen molar-refractivity contribution in [2.24, 2.45) is 22.2 Å². The van der Waals surface area contributed by atoms with Crippen molar-refractivity contribution in [2.45, 2.75) is 39.5 Å². The Morgan fingerprint density at radius 3 is 2.29 bits per heavy atom. The lowest BCUT2D eigenvalue weighted by Gasteiger charge is -2.34. The Kier molecular flexibility index (Phi) is 3.07. The molecule has 4 bridgehead atoms. The molecule has 1 aromatic rings. The Hall–Kier alpha value is -1.72. The molecule has 0 radical (unpaired) electrons. The molecule has 0 spiro atoms. The van der Waals surface area contributed by atoms with E-state index in [0.29, 0.717) is 23.3 Å². The fourth-order valence-electron chi connectivity index (χ4n) is 5.88. The Morgan fingerprint density at radius 1 is 1.12 bits per heavy atom. The number of carbonyl (C=O) groups is 1. The number of anilines is 1. The van der Waals surface area contributed by atoms with Crippen LogP contribution in [0, 0.1) is 39.6 Å². The van der Waals surface area contributed by atoms with Gasteiger partial charge in [0.1, 0.15) is 0 Å². The number of hydrogen-bond acceptors (Lipinski definition) is 1. The number of nitrogens with one attached hydrogen (secondary N) is 2. The Balaban J connectivity index is 1.42. The Bertz CT molecular complexity index is 717. The highest BCUT2D eigenvalue weighted by Gasteiger charge is 2.73. The molecule has 4 saturated carbocycles. The molecule has 130 valence electrons. The van der Waals surface area contributed by atoms with Crippen LogP contribution in [0.1, 0.15) is 39.5 Å². The molecule has 4 fully saturated rings. The standard InChI is InChI=1S/C18H21F3N2O/c1-16-5-10-6-17(16,2)8-18(10,7-16)9-22-15(24)23-12-4-3-11(19)13(20)14(12)21/h3-4,10H,5-9H2,1-2H3,(H2,22,23,24). The summed E-state index contributed by atoms with van der Waals surface area (Å²) in [6, 6.07) is 1.23. The molecule has 0 saturated heterocycles. The predicted molar refractivity (Wildman–Crippen MR) is 83.9 cm³/mol. The second kappa shape index (κ2) is 4.67. The lowest BCUT2D eigenvalue weighted by molar-refractivity contribution is 0.157. The third-order valence-corrected chi connectivity index (χ3v) is 7.09. The second-order valence-electron chi connectivity index (χ2n) is 8.47. The summed E-state index contributed by atoms with van der Waals surface area (Å²) in [5.74, 6) is -3.61. The minimum absolute atomic E-state index is 0.132. The van der Waals surface area contributed by atoms with E-state index in [-0.39, 0.29) is 11.1 Å². The van der Waals surface area contributed by atoms with Crippen LogP contribution in [-0.4, -0.2) is 12.6 Å². The molecular formula is C18H21F3N2O. The first kappa shape index (κ1) is 15.8. The van der Waals surface area contributed by atoms with Gasteiger partial charge in [-0.25, -0.2) is 18.0 Å². The van der Waals surface area contributed by atoms with E-state index in [1.807, 2.05) is 0 Å². The van der Waals surface area contributed by atoms with Gasteiger partial charge in [-0.3, -0.25) is 0 Å². The lowest BCUT2D eigenvalue weighted by Crippen LogP contribution is -2.39. The van der Waals surface area contributed by atoms with Crippen molar-refractivity contribution in [3.05, 3.63) is 29.6 Å². The molecular weight excluding hydrogens is 317 g/mol. The maximum absolute atomic E-state index is 13.6. The van der Waals surface area contributed by atoms with Crippen molar-refractivity contribution in [3.8, 4) is 0 Å². The van der Waals surface area contributed by atoms with E-state index in [2.05, 4.69) is 24.5 Å². The van der Waals surface area contributed by atoms with Gasteiger partial charge in [0, 0.05) is 6.54 Å². The van der Waals surface area contributed by atoms with E-state index in [4.69, 9.17) is 0 Å². The highest BCUT2D eigenvalue weighted by atomic mass is 19.2. The third-order valence-electron chi connectivity index (χ3n) is 7.09. The topological polar surface area (TPSA) is 41.1 Å². The molecule has 2 amide bonds. The summed E-state index contributed by atoms with van der Waals surface area (Å²) in [5, 5.41) is 5.08. The van der Waals surface area contributed by atoms with Crippen molar-refractivity contribution in [3.63, 3.8) is 0 Å². The van der Waals surface area contributed by atoms with Gasteiger partial charge in [0.2, 0.25) is 0 Å². The maximum Gasteiger partial charge on any atom is 0.319 e. The summed E-state index contributed by atoms with van der Waals surface area (Å²) < 4.78 is 39.8. The van der Waals surface area contributed by atoms with Gasteiger partial charge < -0.3 is 10.6 Å². The summed E-state index contributed by atoms with van der Waals surface area (Å²) in [5.41, 5.74) is 0.500. The fraction of sp³-hybridized carbons (Fsp3) is 0.611. The smallest absolute Gasteiger partial charge is 0.319 e. The van der Waals surface area contributed by atoms with Gasteiger partial charge in [0.15, 0.2) is 17.5 Å². The van der Waals surface area contributed by atoms with Crippen molar-refractivity contribution in [2.75, 3.05) is 11.9 Å². The van der Waals surface area contributed by atoms with E-state index in [9.17, 15) is 18.0 Å². The Labute approximate surface area is 139 Å². The van der Waals surface area contributed by atoms with Crippen LogP contribution in [0.25, 0.3) is 0 Å². The van der Waals surface area contributed by atoms with Gasteiger partial charge in [-0.05, 0) is 60.0 Å². The van der Waals surface area contributed by atoms with Crippen molar-refractivity contribution in [1.82, 2.24) is 5.32 Å². The lowest BCUT2D eigenvalue weighted by atomic mass is 9.71. The summed E-state index contributed by atoms with van der Waals surface area (Å²) >= 11 is 0. The first-order chi connectivity index (χ1) is 11.2. The summed E-state index contributed by atoms with van der Waals surface area (Å²) in [4.78, 5) is 12.1. The molecule has 2 N–H and O–H groups in total. The summed E-state index contributed by atoms with van der Waals surface area (Å²) in [6.07, 6.45) is 4.65. The van der Waals surface area contributed by atoms with Crippen LogP contribution < -0.4 is 10.6 Å². The summed E-state index contributed by atoms with van der Waals surface area (Å²) in [7, 11) is 0. The Morgan fingerprint density at radius 2 is 1.75 bits per heavy atom. The van der Waals surface area contributed by atoms with Gasteiger partial charge in [-0.1, -0.05) is 13.8 Å². The van der Waals surface area contributed by atoms with Crippen LogP contribution in [0.5, 0.6) is 0 Å². The number of rotatable bonds is 3. The SMILES string of the molecule is CC12CC3CC1(C)CC3(CNC(=O)Nc1ccc(F)c(F)c1F)C2. The highest BCUT2D eigenvalue weighted by molar-refractivity contribution is 5.89. The molecule has 24 heavy (non-hydrogen) atoms. The van der Waals surface area contributed by atoms with Crippen molar-refractivity contribution in [1.29, 1.82) is 0 Å². The monoisotopic (exact) mass is 338 g/mol. The number of urea groups is 1. The van der Waals surface area contributed by atoms with Crippen LogP contribution >= 0.6 is 0 Å². The van der Waals surface area contributed by atoms with Crippen LogP contribution in [0.3, 0.4) is 0 Å². The van der Waals surface area contributed by atoms with E-state index < -0.39 is 23.5 Å². The zero-order valence-corrected chi connectivity index (χ0v) is 13.8. The molecule has 0 aromatic heterocycles. The predicted octanol–water partition coefficient (Wildman–Crippen LogP) is 4.44. The maximum atomic E-state index is 13.6. The van der Waals surface area contributed by atoms with Crippen LogP contribution in [0.2, 0.25) is 0 Å². The molecule has 1 aromatic carbocycles. The average Bonchev–Trinajstić information content (AvgIpc) is 3.09. The highest BCUT2D eigenvalue weighted by Crippen LogP contribution is 2.81. The van der Waals surface area contributed by atoms with E-state index in [1.165, 1.54) is 12.8 Å². The van der Waals surface area contributed by atoms with Gasteiger partial charge in [-0.15, -0.1) is 0 Å². The van der Waals surface area contributed by atoms with E-state index >= 15 is 0 Å². The normalized spacial score (nSPS) is 38.8. The van der Waals surface area contributed by atoms with Crippen LogP contribution in [0.4, 0.5) is 23.7 Å². The molecule has 3 nitrogen and oxygen atoms in total. The number of amides is 2. The molecule has 4 aliphatic carbocycles. The average molecular weight is 338 g/mol. The first-order valence-electron chi connectivity index (χ1n) is 8.37. The number of hydrogen-bond donors (Lipinski definition) is 2. The third kappa shape index (κ3) is 1.94. The van der Waals surface area contributed by atoms with Crippen molar-refractivity contribution >= 4 is 11.7 Å². The second-order valence-corrected chi connectivity index (χ2v) is 8.47. The first-order valence-corrected chi connectivity index (χ1v) is 8.37. The largest absolute Gasteiger partial charge is 0.337 e. The number of carbonyl (C=O) groups excluding carboxylic acids is 1. The molecule has 4 aliphatic rings. The van der Waals surface area contributed by atoms with Crippen LogP contribution in [0.15, 0.2) is 12.1 Å². The van der Waals surface area contributed by atoms with E-state index in [0.717, 1.165) is 25.0 Å². The zero-order valence-electron chi connectivity index (χ0n) is 13.8. The van der Waals surface area contributed by atoms with Gasteiger partial charge >= 0.3 is 6.03 Å². The minimum Gasteiger partial charge on any atom is -0.337 e. The number of halogens is 3. The van der Waals surface area contributed by atoms with E-state index in [1.54, 1.807) is 0 Å². The molecule has 5 rings (SSSR count). The quantitative estimate of drug-likeness (QED) is 0.786. The molecule has 6 heteroatoms. The van der Waals surface area contributed by atoms with Crippen LogP contribution in [-0.2, 0) is 0 Å². The van der Waals surface area contributed by atoms with Gasteiger partial charge in [-0.2, -0.15) is 0 Å². The molecule has 0 heterocycles. The molecule has 2 unspecified atom stereocenters. The zero-order chi connectivity index (χ0) is 17.3. The fourth-order valence-corrected chi connectivity index (χ4v) is 5.88. The molecule has 2 atom stereocenters.